The van der Waals surface area contributed by atoms with E-state index in [1.807, 2.05) is 13.1 Å². The molecular weight excluding hydrogens is 238 g/mol. The zero-order valence-electron chi connectivity index (χ0n) is 10.1. The number of hydrogen-bond donors (Lipinski definition) is 1. The van der Waals surface area contributed by atoms with Gasteiger partial charge < -0.3 is 4.98 Å². The standard InChI is InChI=1S/C11H19N3O2S/c1-2-9-17(15,16)14-7-3-10(4-8-14)11-12-5-6-13-11/h5-6,10H,2-4,7-9H2,1H3,(H,12,13). The number of aromatic amines is 1. The molecule has 0 saturated carbocycles. The Morgan fingerprint density at radius 2 is 2.18 bits per heavy atom. The highest BCUT2D eigenvalue weighted by Gasteiger charge is 2.28. The van der Waals surface area contributed by atoms with Gasteiger partial charge in [-0.2, -0.15) is 0 Å². The minimum absolute atomic E-state index is 0.262. The van der Waals surface area contributed by atoms with E-state index < -0.39 is 10.0 Å². The molecule has 0 atom stereocenters. The lowest BCUT2D eigenvalue weighted by atomic mass is 9.98. The van der Waals surface area contributed by atoms with Crippen molar-refractivity contribution in [2.24, 2.45) is 0 Å². The van der Waals surface area contributed by atoms with Crippen LogP contribution in [0.25, 0.3) is 0 Å². The van der Waals surface area contributed by atoms with E-state index in [1.54, 1.807) is 10.5 Å². The smallest absolute Gasteiger partial charge is 0.214 e. The number of piperidine rings is 1. The van der Waals surface area contributed by atoms with Crippen molar-refractivity contribution in [1.82, 2.24) is 14.3 Å². The van der Waals surface area contributed by atoms with Crippen LogP contribution < -0.4 is 0 Å². The van der Waals surface area contributed by atoms with Crippen LogP contribution in [-0.2, 0) is 10.0 Å². The monoisotopic (exact) mass is 257 g/mol. The van der Waals surface area contributed by atoms with E-state index in [4.69, 9.17) is 0 Å². The van der Waals surface area contributed by atoms with Crippen LogP contribution in [0.15, 0.2) is 12.4 Å². The number of aromatic nitrogens is 2. The molecule has 0 radical (unpaired) electrons. The fraction of sp³-hybridized carbons (Fsp3) is 0.727. The fourth-order valence-corrected chi connectivity index (χ4v) is 3.84. The second kappa shape index (κ2) is 5.18. The predicted octanol–water partition coefficient (Wildman–Crippen LogP) is 1.33. The molecule has 1 fully saturated rings. The normalized spacial score (nSPS) is 19.6. The third kappa shape index (κ3) is 2.87. The summed E-state index contributed by atoms with van der Waals surface area (Å²) in [5.41, 5.74) is 0. The van der Waals surface area contributed by atoms with Crippen molar-refractivity contribution in [3.63, 3.8) is 0 Å². The van der Waals surface area contributed by atoms with Crippen LogP contribution >= 0.6 is 0 Å². The molecule has 17 heavy (non-hydrogen) atoms. The highest BCUT2D eigenvalue weighted by Crippen LogP contribution is 2.26. The van der Waals surface area contributed by atoms with E-state index in [2.05, 4.69) is 9.97 Å². The number of H-pyrrole nitrogens is 1. The molecule has 2 heterocycles. The summed E-state index contributed by atoms with van der Waals surface area (Å²) in [6, 6.07) is 0. The number of sulfonamides is 1. The fourth-order valence-electron chi connectivity index (χ4n) is 2.30. The average Bonchev–Trinajstić information content (AvgIpc) is 2.82. The third-order valence-corrected chi connectivity index (χ3v) is 5.29. The van der Waals surface area contributed by atoms with Crippen molar-refractivity contribution in [2.45, 2.75) is 32.1 Å². The van der Waals surface area contributed by atoms with E-state index in [1.165, 1.54) is 0 Å². The number of nitrogens with one attached hydrogen (secondary N) is 1. The van der Waals surface area contributed by atoms with Gasteiger partial charge in [0.1, 0.15) is 5.82 Å². The van der Waals surface area contributed by atoms with Gasteiger partial charge in [-0.3, -0.25) is 0 Å². The number of nitrogens with zero attached hydrogens (tertiary/aromatic N) is 2. The van der Waals surface area contributed by atoms with Crippen LogP contribution in [0.5, 0.6) is 0 Å². The number of hydrogen-bond acceptors (Lipinski definition) is 3. The molecule has 6 heteroatoms. The Hall–Kier alpha value is -0.880. The van der Waals surface area contributed by atoms with Crippen molar-refractivity contribution in [1.29, 1.82) is 0 Å². The van der Waals surface area contributed by atoms with Crippen LogP contribution in [-0.4, -0.2) is 41.5 Å². The average molecular weight is 257 g/mol. The van der Waals surface area contributed by atoms with Gasteiger partial charge >= 0.3 is 0 Å². The van der Waals surface area contributed by atoms with E-state index >= 15 is 0 Å². The lowest BCUT2D eigenvalue weighted by molar-refractivity contribution is 0.314. The maximum absolute atomic E-state index is 11.9. The summed E-state index contributed by atoms with van der Waals surface area (Å²) in [6.45, 7) is 3.13. The summed E-state index contributed by atoms with van der Waals surface area (Å²) in [4.78, 5) is 7.35. The molecular formula is C11H19N3O2S. The molecule has 1 aliphatic rings. The molecule has 0 spiro atoms. The SMILES string of the molecule is CCCS(=O)(=O)N1CCC(c2ncc[nH]2)CC1. The minimum atomic E-state index is -3.02. The number of imidazole rings is 1. The van der Waals surface area contributed by atoms with Crippen LogP contribution in [0.1, 0.15) is 37.9 Å². The summed E-state index contributed by atoms with van der Waals surface area (Å²) in [5.74, 6) is 1.62. The zero-order chi connectivity index (χ0) is 12.3. The highest BCUT2D eigenvalue weighted by molar-refractivity contribution is 7.89. The molecule has 1 aromatic rings. The molecule has 2 rings (SSSR count). The van der Waals surface area contributed by atoms with Crippen molar-refractivity contribution in [2.75, 3.05) is 18.8 Å². The van der Waals surface area contributed by atoms with Crippen LogP contribution in [0.3, 0.4) is 0 Å². The van der Waals surface area contributed by atoms with E-state index in [-0.39, 0.29) is 5.75 Å². The van der Waals surface area contributed by atoms with Gasteiger partial charge in [-0.25, -0.2) is 17.7 Å². The molecule has 96 valence electrons. The molecule has 1 saturated heterocycles. The molecule has 0 bridgehead atoms. The molecule has 0 aliphatic carbocycles. The summed E-state index contributed by atoms with van der Waals surface area (Å²) in [5, 5.41) is 0. The molecule has 0 unspecified atom stereocenters. The zero-order valence-corrected chi connectivity index (χ0v) is 10.9. The first kappa shape index (κ1) is 12.6. The highest BCUT2D eigenvalue weighted by atomic mass is 32.2. The van der Waals surface area contributed by atoms with Gasteiger partial charge in [0.25, 0.3) is 0 Å². The van der Waals surface area contributed by atoms with Gasteiger partial charge in [-0.1, -0.05) is 6.92 Å². The predicted molar refractivity (Wildman–Crippen MR) is 66.2 cm³/mol. The van der Waals surface area contributed by atoms with Crippen LogP contribution in [0.4, 0.5) is 0 Å². The number of rotatable bonds is 4. The summed E-state index contributed by atoms with van der Waals surface area (Å²) in [7, 11) is -3.02. The Bertz CT molecular complexity index is 433. The van der Waals surface area contributed by atoms with Crippen molar-refractivity contribution >= 4 is 10.0 Å². The van der Waals surface area contributed by atoms with Gasteiger partial charge in [-0.05, 0) is 19.3 Å². The summed E-state index contributed by atoms with van der Waals surface area (Å²) < 4.78 is 25.4. The molecule has 1 aromatic heterocycles. The Morgan fingerprint density at radius 1 is 1.47 bits per heavy atom. The first-order chi connectivity index (χ1) is 8.13. The van der Waals surface area contributed by atoms with E-state index in [0.717, 1.165) is 18.7 Å². The molecule has 1 aliphatic heterocycles. The van der Waals surface area contributed by atoms with Crippen molar-refractivity contribution in [3.8, 4) is 0 Å². The first-order valence-corrected chi connectivity index (χ1v) is 7.71. The van der Waals surface area contributed by atoms with Crippen LogP contribution in [0, 0.1) is 0 Å². The molecule has 0 amide bonds. The van der Waals surface area contributed by atoms with Gasteiger partial charge in [0.2, 0.25) is 10.0 Å². The first-order valence-electron chi connectivity index (χ1n) is 6.10. The Morgan fingerprint density at radius 3 is 2.71 bits per heavy atom. The van der Waals surface area contributed by atoms with Crippen molar-refractivity contribution < 1.29 is 8.42 Å². The molecule has 5 nitrogen and oxygen atoms in total. The maximum Gasteiger partial charge on any atom is 0.214 e. The third-order valence-electron chi connectivity index (χ3n) is 3.22. The summed E-state index contributed by atoms with van der Waals surface area (Å²) >= 11 is 0. The van der Waals surface area contributed by atoms with E-state index in [9.17, 15) is 8.42 Å². The minimum Gasteiger partial charge on any atom is -0.348 e. The lowest BCUT2D eigenvalue weighted by Crippen LogP contribution is -2.39. The van der Waals surface area contributed by atoms with Gasteiger partial charge in [-0.15, -0.1) is 0 Å². The van der Waals surface area contributed by atoms with Crippen molar-refractivity contribution in [3.05, 3.63) is 18.2 Å². The summed E-state index contributed by atoms with van der Waals surface area (Å²) in [6.07, 6.45) is 5.96. The van der Waals surface area contributed by atoms with Gasteiger partial charge in [0.15, 0.2) is 0 Å². The Labute approximate surface area is 102 Å². The second-order valence-corrected chi connectivity index (χ2v) is 6.55. The molecule has 1 N–H and O–H groups in total. The topological polar surface area (TPSA) is 66.1 Å². The lowest BCUT2D eigenvalue weighted by Gasteiger charge is -2.30. The Balaban J connectivity index is 1.94. The second-order valence-electron chi connectivity index (χ2n) is 4.46. The van der Waals surface area contributed by atoms with E-state index in [0.29, 0.717) is 25.4 Å². The van der Waals surface area contributed by atoms with Gasteiger partial charge in [0, 0.05) is 31.4 Å². The quantitative estimate of drug-likeness (QED) is 0.885. The Kier molecular flexibility index (Phi) is 3.83. The maximum atomic E-state index is 11.9. The largest absolute Gasteiger partial charge is 0.348 e. The van der Waals surface area contributed by atoms with Crippen LogP contribution in [0.2, 0.25) is 0 Å². The molecule has 0 aromatic carbocycles. The van der Waals surface area contributed by atoms with Gasteiger partial charge in [0.05, 0.1) is 5.75 Å².